The van der Waals surface area contributed by atoms with Gasteiger partial charge in [-0.2, -0.15) is 0 Å². The Labute approximate surface area is 101 Å². The molecule has 5 nitrogen and oxygen atoms in total. The summed E-state index contributed by atoms with van der Waals surface area (Å²) in [6, 6.07) is 3.23. The summed E-state index contributed by atoms with van der Waals surface area (Å²) < 4.78 is 10.6. The van der Waals surface area contributed by atoms with Crippen LogP contribution in [-0.2, 0) is 4.79 Å². The Morgan fingerprint density at radius 2 is 2.25 bits per heavy atom. The maximum Gasteiger partial charge on any atom is 0.308 e. The van der Waals surface area contributed by atoms with Crippen molar-refractivity contribution in [2.75, 3.05) is 7.11 Å². The minimum atomic E-state index is -0.442. The molecule has 0 heterocycles. The lowest BCUT2D eigenvalue weighted by Gasteiger charge is -2.10. The lowest BCUT2D eigenvalue weighted by molar-refractivity contribution is -0.132. The third kappa shape index (κ3) is 2.96. The van der Waals surface area contributed by atoms with E-state index in [4.69, 9.17) is 14.7 Å². The number of ether oxygens (including phenoxy) is 2. The molecule has 0 radical (unpaired) electrons. The van der Waals surface area contributed by atoms with Crippen LogP contribution < -0.4 is 9.47 Å². The number of benzene rings is 1. The molecule has 0 spiro atoms. The smallest absolute Gasteiger partial charge is 0.308 e. The third-order valence-corrected chi connectivity index (χ3v) is 2.29. The van der Waals surface area contributed by atoms with Gasteiger partial charge in [0, 0.05) is 12.5 Å². The van der Waals surface area contributed by atoms with Crippen LogP contribution in [0.4, 0.5) is 0 Å². The summed E-state index contributed by atoms with van der Waals surface area (Å²) in [6.45, 7) is 1.30. The maximum atomic E-state index is 10.9. The third-order valence-electron chi connectivity index (χ3n) is 1.70. The summed E-state index contributed by atoms with van der Waals surface area (Å²) in [4.78, 5) is 10.9. The fraction of sp³-hybridized carbons (Fsp3) is 0.200. The van der Waals surface area contributed by atoms with Crippen molar-refractivity contribution in [3.8, 4) is 11.5 Å². The van der Waals surface area contributed by atoms with Crippen molar-refractivity contribution in [3.05, 3.63) is 22.2 Å². The molecule has 1 N–H and O–H groups in total. The summed E-state index contributed by atoms with van der Waals surface area (Å²) in [7, 11) is 1.45. The topological polar surface area (TPSA) is 68.1 Å². The number of oxime groups is 1. The van der Waals surface area contributed by atoms with Crippen LogP contribution in [0.25, 0.3) is 0 Å². The lowest BCUT2D eigenvalue weighted by atomic mass is 10.2. The number of carbonyl (C=O) groups excluding carboxylic acids is 1. The highest BCUT2D eigenvalue weighted by Gasteiger charge is 2.12. The van der Waals surface area contributed by atoms with Crippen LogP contribution in [0.2, 0.25) is 0 Å². The molecule has 1 aromatic carbocycles. The second-order valence-corrected chi connectivity index (χ2v) is 3.73. The fourth-order valence-electron chi connectivity index (χ4n) is 1.12. The molecule has 0 aliphatic heterocycles. The van der Waals surface area contributed by atoms with Crippen molar-refractivity contribution in [2.24, 2.45) is 5.16 Å². The number of hydrogen-bond donors (Lipinski definition) is 1. The van der Waals surface area contributed by atoms with Gasteiger partial charge in [-0.05, 0) is 28.1 Å². The molecule has 1 rings (SSSR count). The average molecular weight is 288 g/mol. The van der Waals surface area contributed by atoms with Crippen molar-refractivity contribution < 1.29 is 19.5 Å². The van der Waals surface area contributed by atoms with Gasteiger partial charge < -0.3 is 14.7 Å². The van der Waals surface area contributed by atoms with Gasteiger partial charge in [0.05, 0.1) is 17.8 Å². The molecule has 0 fully saturated rings. The molecular weight excluding hydrogens is 278 g/mol. The zero-order valence-electron chi connectivity index (χ0n) is 8.73. The number of nitrogens with zero attached hydrogens (tertiary/aromatic N) is 1. The minimum absolute atomic E-state index is 0.296. The van der Waals surface area contributed by atoms with Crippen LogP contribution in [0, 0.1) is 0 Å². The highest BCUT2D eigenvalue weighted by atomic mass is 79.9. The standard InChI is InChI=1S/C10H10BrNO4/c1-6(13)16-10-8(11)3-7(5-12-14)4-9(10)15-2/h3-5,14H,1-2H3. The predicted octanol–water partition coefficient (Wildman–Crippen LogP) is 2.19. The van der Waals surface area contributed by atoms with Crippen molar-refractivity contribution in [1.29, 1.82) is 0 Å². The Kier molecular flexibility index (Phi) is 4.30. The molecule has 1 aromatic rings. The quantitative estimate of drug-likeness (QED) is 0.304. The van der Waals surface area contributed by atoms with Gasteiger partial charge in [0.2, 0.25) is 0 Å². The number of carbonyl (C=O) groups is 1. The van der Waals surface area contributed by atoms with Gasteiger partial charge in [-0.25, -0.2) is 0 Å². The maximum absolute atomic E-state index is 10.9. The molecule has 0 saturated carbocycles. The molecule has 0 amide bonds. The van der Waals surface area contributed by atoms with Crippen molar-refractivity contribution in [3.63, 3.8) is 0 Å². The van der Waals surface area contributed by atoms with Gasteiger partial charge in [-0.3, -0.25) is 4.79 Å². The van der Waals surface area contributed by atoms with E-state index in [9.17, 15) is 4.79 Å². The van der Waals surface area contributed by atoms with E-state index in [0.29, 0.717) is 21.5 Å². The van der Waals surface area contributed by atoms with Crippen molar-refractivity contribution in [2.45, 2.75) is 6.92 Å². The predicted molar refractivity (Wildman–Crippen MR) is 61.4 cm³/mol. The number of esters is 1. The average Bonchev–Trinajstić information content (AvgIpc) is 2.21. The van der Waals surface area contributed by atoms with Crippen LogP contribution in [0.3, 0.4) is 0 Å². The van der Waals surface area contributed by atoms with Gasteiger partial charge >= 0.3 is 5.97 Å². The summed E-state index contributed by atoms with van der Waals surface area (Å²) in [5.41, 5.74) is 0.613. The molecular formula is C10H10BrNO4. The van der Waals surface area contributed by atoms with E-state index in [-0.39, 0.29) is 0 Å². The van der Waals surface area contributed by atoms with Gasteiger partial charge in [0.15, 0.2) is 11.5 Å². The normalized spacial score (nSPS) is 10.4. The lowest BCUT2D eigenvalue weighted by Crippen LogP contribution is -2.04. The number of methoxy groups -OCH3 is 1. The van der Waals surface area contributed by atoms with Crippen molar-refractivity contribution in [1.82, 2.24) is 0 Å². The van der Waals surface area contributed by atoms with E-state index in [1.807, 2.05) is 0 Å². The number of halogens is 1. The highest BCUT2D eigenvalue weighted by Crippen LogP contribution is 2.36. The molecule has 16 heavy (non-hydrogen) atoms. The van der Waals surface area contributed by atoms with E-state index < -0.39 is 5.97 Å². The monoisotopic (exact) mass is 287 g/mol. The SMILES string of the molecule is COc1cc(C=NO)cc(Br)c1OC(C)=O. The second-order valence-electron chi connectivity index (χ2n) is 2.87. The van der Waals surface area contributed by atoms with E-state index in [1.165, 1.54) is 20.2 Å². The Bertz CT molecular complexity index is 431. The fourth-order valence-corrected chi connectivity index (χ4v) is 1.66. The number of rotatable bonds is 3. The van der Waals surface area contributed by atoms with Crippen LogP contribution in [0.5, 0.6) is 11.5 Å². The van der Waals surface area contributed by atoms with E-state index in [0.717, 1.165) is 0 Å². The largest absolute Gasteiger partial charge is 0.493 e. The Morgan fingerprint density at radius 3 is 2.75 bits per heavy atom. The molecule has 86 valence electrons. The van der Waals surface area contributed by atoms with Crippen LogP contribution >= 0.6 is 15.9 Å². The molecule has 0 aliphatic carbocycles. The zero-order chi connectivity index (χ0) is 12.1. The Morgan fingerprint density at radius 1 is 1.56 bits per heavy atom. The van der Waals surface area contributed by atoms with Crippen LogP contribution in [0.1, 0.15) is 12.5 Å². The van der Waals surface area contributed by atoms with Gasteiger partial charge in [0.25, 0.3) is 0 Å². The van der Waals surface area contributed by atoms with Gasteiger partial charge in [-0.15, -0.1) is 0 Å². The summed E-state index contributed by atoms with van der Waals surface area (Å²) in [5, 5.41) is 11.3. The number of hydrogen-bond acceptors (Lipinski definition) is 5. The first-order valence-electron chi connectivity index (χ1n) is 4.32. The van der Waals surface area contributed by atoms with E-state index in [1.54, 1.807) is 12.1 Å². The highest BCUT2D eigenvalue weighted by molar-refractivity contribution is 9.10. The molecule has 0 aromatic heterocycles. The summed E-state index contributed by atoms with van der Waals surface area (Å²) >= 11 is 3.24. The summed E-state index contributed by atoms with van der Waals surface area (Å²) in [6.07, 6.45) is 1.24. The molecule has 0 unspecified atom stereocenters. The van der Waals surface area contributed by atoms with Gasteiger partial charge in [0.1, 0.15) is 0 Å². The molecule has 0 aliphatic rings. The first kappa shape index (κ1) is 12.5. The first-order valence-corrected chi connectivity index (χ1v) is 5.11. The summed E-state index contributed by atoms with van der Waals surface area (Å²) in [5.74, 6) is 0.229. The van der Waals surface area contributed by atoms with Crippen LogP contribution in [-0.4, -0.2) is 24.5 Å². The van der Waals surface area contributed by atoms with Crippen LogP contribution in [0.15, 0.2) is 21.8 Å². The molecule has 0 saturated heterocycles. The Hall–Kier alpha value is -1.56. The molecule has 0 bridgehead atoms. The van der Waals surface area contributed by atoms with E-state index >= 15 is 0 Å². The second kappa shape index (κ2) is 5.50. The van der Waals surface area contributed by atoms with Crippen molar-refractivity contribution >= 4 is 28.1 Å². The van der Waals surface area contributed by atoms with Gasteiger partial charge in [-0.1, -0.05) is 5.16 Å². The molecule has 0 atom stereocenters. The van der Waals surface area contributed by atoms with E-state index in [2.05, 4.69) is 21.1 Å². The first-order chi connectivity index (χ1) is 7.58. The Balaban J connectivity index is 3.22. The zero-order valence-corrected chi connectivity index (χ0v) is 10.3. The minimum Gasteiger partial charge on any atom is -0.493 e. The molecule has 6 heteroatoms.